The Hall–Kier alpha value is -0.670. The second-order valence-corrected chi connectivity index (χ2v) is 8.93. The van der Waals surface area contributed by atoms with Crippen LogP contribution in [0.3, 0.4) is 0 Å². The van der Waals surface area contributed by atoms with Crippen molar-refractivity contribution >= 4 is 29.8 Å². The molecule has 1 unspecified atom stereocenters. The fourth-order valence-corrected chi connectivity index (χ4v) is 4.45. The number of hydrogen-bond donors (Lipinski definition) is 0. The van der Waals surface area contributed by atoms with E-state index in [4.69, 9.17) is 15.4 Å². The van der Waals surface area contributed by atoms with Gasteiger partial charge in [0.1, 0.15) is 0 Å². The van der Waals surface area contributed by atoms with Gasteiger partial charge >= 0.3 is 0 Å². The van der Waals surface area contributed by atoms with E-state index in [1.54, 1.807) is 0 Å². The minimum absolute atomic E-state index is 0.0871. The smallest absolute Gasteiger partial charge is 0.261 e. The lowest BCUT2D eigenvalue weighted by atomic mass is 10.3. The van der Waals surface area contributed by atoms with E-state index in [1.165, 1.54) is 29.6 Å². The van der Waals surface area contributed by atoms with Gasteiger partial charge in [0.2, 0.25) is 10.0 Å². The predicted octanol–water partition coefficient (Wildman–Crippen LogP) is 1.02. The molecule has 6 nitrogen and oxygen atoms in total. The molecule has 1 aromatic carbocycles. The van der Waals surface area contributed by atoms with Crippen molar-refractivity contribution in [1.29, 1.82) is 0 Å². The number of sulfonamides is 1. The first-order valence-electron chi connectivity index (χ1n) is 5.83. The number of halogens is 1. The van der Waals surface area contributed by atoms with E-state index in [1.807, 2.05) is 0 Å². The topological polar surface area (TPSA) is 80.8 Å². The Bertz CT molecular complexity index is 701. The average molecular weight is 340 g/mol. The van der Waals surface area contributed by atoms with Crippen LogP contribution in [0, 0.1) is 0 Å². The van der Waals surface area contributed by atoms with Crippen molar-refractivity contribution in [2.75, 3.05) is 20.2 Å². The van der Waals surface area contributed by atoms with E-state index in [2.05, 4.69) is 0 Å². The van der Waals surface area contributed by atoms with E-state index in [0.29, 0.717) is 13.0 Å². The minimum atomic E-state index is -3.96. The van der Waals surface area contributed by atoms with Crippen LogP contribution in [-0.4, -0.2) is 47.4 Å². The Labute approximate surface area is 122 Å². The summed E-state index contributed by atoms with van der Waals surface area (Å²) in [6, 6.07) is 5.02. The van der Waals surface area contributed by atoms with Gasteiger partial charge < -0.3 is 4.74 Å². The van der Waals surface area contributed by atoms with Gasteiger partial charge in [0.05, 0.1) is 15.9 Å². The average Bonchev–Trinajstić information content (AvgIpc) is 2.87. The molecule has 1 saturated heterocycles. The van der Waals surface area contributed by atoms with Crippen molar-refractivity contribution < 1.29 is 21.6 Å². The number of methoxy groups -OCH3 is 1. The molecule has 0 spiro atoms. The van der Waals surface area contributed by atoms with Crippen molar-refractivity contribution in [3.8, 4) is 0 Å². The highest BCUT2D eigenvalue weighted by Crippen LogP contribution is 2.25. The summed E-state index contributed by atoms with van der Waals surface area (Å²) < 4.78 is 53.8. The largest absolute Gasteiger partial charge is 0.380 e. The fraction of sp³-hybridized carbons (Fsp3) is 0.455. The molecule has 1 fully saturated rings. The quantitative estimate of drug-likeness (QED) is 0.765. The van der Waals surface area contributed by atoms with E-state index in [0.717, 1.165) is 6.07 Å². The molecule has 9 heteroatoms. The van der Waals surface area contributed by atoms with E-state index < -0.39 is 19.1 Å². The fourth-order valence-electron chi connectivity index (χ4n) is 2.04. The molecule has 1 aliphatic heterocycles. The molecule has 0 amide bonds. The molecule has 0 bridgehead atoms. The molecule has 112 valence electrons. The van der Waals surface area contributed by atoms with Crippen LogP contribution < -0.4 is 0 Å². The molecule has 0 aliphatic carbocycles. The lowest BCUT2D eigenvalue weighted by Gasteiger charge is -2.16. The first kappa shape index (κ1) is 15.7. The van der Waals surface area contributed by atoms with Gasteiger partial charge in [-0.1, -0.05) is 6.07 Å². The second kappa shape index (κ2) is 5.61. The SMILES string of the molecule is COC1CCN(S(=O)(=O)c2cccc(S(=O)(=O)Cl)c2)C1. The molecule has 0 saturated carbocycles. The number of rotatable bonds is 4. The molecule has 0 aromatic heterocycles. The third-order valence-corrected chi connectivity index (χ3v) is 6.38. The zero-order valence-electron chi connectivity index (χ0n) is 10.7. The standard InChI is InChI=1S/C11H14ClNO5S2/c1-18-9-5-6-13(8-9)20(16,17)11-4-2-3-10(7-11)19(12,14)15/h2-4,7,9H,5-6,8H2,1H3. The van der Waals surface area contributed by atoms with Crippen LogP contribution in [0.5, 0.6) is 0 Å². The number of benzene rings is 1. The van der Waals surface area contributed by atoms with E-state index >= 15 is 0 Å². The number of hydrogen-bond acceptors (Lipinski definition) is 5. The lowest BCUT2D eigenvalue weighted by Crippen LogP contribution is -2.30. The third-order valence-electron chi connectivity index (χ3n) is 3.17. The second-order valence-electron chi connectivity index (χ2n) is 4.42. The lowest BCUT2D eigenvalue weighted by molar-refractivity contribution is 0.115. The Kier molecular flexibility index (Phi) is 4.41. The van der Waals surface area contributed by atoms with E-state index in [-0.39, 0.29) is 22.4 Å². The monoisotopic (exact) mass is 339 g/mol. The molecule has 1 aromatic rings. The van der Waals surface area contributed by atoms with Gasteiger partial charge in [0.25, 0.3) is 9.05 Å². The van der Waals surface area contributed by atoms with Gasteiger partial charge in [-0.05, 0) is 24.6 Å². The van der Waals surface area contributed by atoms with Crippen LogP contribution >= 0.6 is 10.7 Å². The summed E-state index contributed by atoms with van der Waals surface area (Å²) in [6.07, 6.45) is 0.480. The van der Waals surface area contributed by atoms with Gasteiger partial charge in [0, 0.05) is 30.9 Å². The summed E-state index contributed by atoms with van der Waals surface area (Å²) in [5.74, 6) is 0. The molecule has 1 atom stereocenters. The Morgan fingerprint density at radius 2 is 1.90 bits per heavy atom. The molecule has 20 heavy (non-hydrogen) atoms. The summed E-state index contributed by atoms with van der Waals surface area (Å²) >= 11 is 0. The Balaban J connectivity index is 2.36. The maximum atomic E-state index is 12.4. The van der Waals surface area contributed by atoms with Crippen LogP contribution in [0.1, 0.15) is 6.42 Å². The normalized spacial score (nSPS) is 21.2. The highest BCUT2D eigenvalue weighted by Gasteiger charge is 2.33. The summed E-state index contributed by atoms with van der Waals surface area (Å²) in [4.78, 5) is -0.321. The van der Waals surface area contributed by atoms with Gasteiger partial charge in [-0.2, -0.15) is 4.31 Å². The molecule has 0 radical (unpaired) electrons. The highest BCUT2D eigenvalue weighted by molar-refractivity contribution is 8.13. The number of ether oxygens (including phenoxy) is 1. The molecule has 1 aliphatic rings. The maximum Gasteiger partial charge on any atom is 0.261 e. The van der Waals surface area contributed by atoms with Crippen LogP contribution in [0.2, 0.25) is 0 Å². The van der Waals surface area contributed by atoms with E-state index in [9.17, 15) is 16.8 Å². The van der Waals surface area contributed by atoms with Crippen molar-refractivity contribution in [2.24, 2.45) is 0 Å². The van der Waals surface area contributed by atoms with Crippen LogP contribution in [0.25, 0.3) is 0 Å². The Morgan fingerprint density at radius 3 is 2.45 bits per heavy atom. The van der Waals surface area contributed by atoms with Crippen molar-refractivity contribution in [3.63, 3.8) is 0 Å². The summed E-state index contributed by atoms with van der Waals surface area (Å²) in [5.41, 5.74) is 0. The highest BCUT2D eigenvalue weighted by atomic mass is 35.7. The minimum Gasteiger partial charge on any atom is -0.380 e. The third kappa shape index (κ3) is 3.15. The van der Waals surface area contributed by atoms with Crippen LogP contribution in [0.15, 0.2) is 34.1 Å². The van der Waals surface area contributed by atoms with Crippen molar-refractivity contribution in [1.82, 2.24) is 4.31 Å². The number of nitrogens with zero attached hydrogens (tertiary/aromatic N) is 1. The van der Waals surface area contributed by atoms with Crippen LogP contribution in [0.4, 0.5) is 0 Å². The molecular formula is C11H14ClNO5S2. The zero-order valence-corrected chi connectivity index (χ0v) is 13.1. The summed E-state index contributed by atoms with van der Waals surface area (Å²) in [7, 11) is -0.935. The Morgan fingerprint density at radius 1 is 1.25 bits per heavy atom. The van der Waals surface area contributed by atoms with Gasteiger partial charge in [-0.15, -0.1) is 0 Å². The predicted molar refractivity (Wildman–Crippen MR) is 73.7 cm³/mol. The van der Waals surface area contributed by atoms with Gasteiger partial charge in [-0.3, -0.25) is 0 Å². The van der Waals surface area contributed by atoms with Crippen molar-refractivity contribution in [3.05, 3.63) is 24.3 Å². The van der Waals surface area contributed by atoms with Crippen molar-refractivity contribution in [2.45, 2.75) is 22.3 Å². The first-order valence-corrected chi connectivity index (χ1v) is 9.58. The van der Waals surface area contributed by atoms with Gasteiger partial charge in [0.15, 0.2) is 0 Å². The summed E-state index contributed by atoms with van der Waals surface area (Å²) in [6.45, 7) is 0.607. The first-order chi connectivity index (χ1) is 9.25. The maximum absolute atomic E-state index is 12.4. The molecular weight excluding hydrogens is 326 g/mol. The zero-order chi connectivity index (χ0) is 15.0. The van der Waals surface area contributed by atoms with Crippen LogP contribution in [-0.2, 0) is 23.8 Å². The summed E-state index contributed by atoms with van der Waals surface area (Å²) in [5, 5.41) is 0. The van der Waals surface area contributed by atoms with Gasteiger partial charge in [-0.25, -0.2) is 16.8 Å². The molecule has 1 heterocycles. The molecule has 0 N–H and O–H groups in total. The molecule has 2 rings (SSSR count).